The lowest BCUT2D eigenvalue weighted by Crippen LogP contribution is -2.46. The van der Waals surface area contributed by atoms with Crippen molar-refractivity contribution in [3.8, 4) is 0 Å². The number of rotatable bonds is 5. The van der Waals surface area contributed by atoms with E-state index in [2.05, 4.69) is 53.4 Å². The molecule has 0 aromatic carbocycles. The molecule has 0 saturated heterocycles. The topological polar surface area (TPSA) is 3.24 Å². The van der Waals surface area contributed by atoms with Gasteiger partial charge in [0.1, 0.15) is 0 Å². The first-order chi connectivity index (χ1) is 6.23. The van der Waals surface area contributed by atoms with E-state index in [0.29, 0.717) is 11.0 Å². The van der Waals surface area contributed by atoms with Gasteiger partial charge in [0.15, 0.2) is 0 Å². The van der Waals surface area contributed by atoms with E-state index in [9.17, 15) is 0 Å². The summed E-state index contributed by atoms with van der Waals surface area (Å²) in [4.78, 5) is 2.60. The predicted octanol–water partition coefficient (Wildman–Crippen LogP) is 3.93. The summed E-state index contributed by atoms with van der Waals surface area (Å²) in [6.45, 7) is 18.6. The Kier molecular flexibility index (Phi) is 5.14. The summed E-state index contributed by atoms with van der Waals surface area (Å²) < 4.78 is 0. The van der Waals surface area contributed by atoms with Crippen LogP contribution >= 0.6 is 0 Å². The normalized spacial score (nSPS) is 13.7. The lowest BCUT2D eigenvalue weighted by Gasteiger charge is -2.42. The maximum Gasteiger partial charge on any atom is 0.0158 e. The summed E-state index contributed by atoms with van der Waals surface area (Å²) in [5.41, 5.74) is 0.758. The van der Waals surface area contributed by atoms with Gasteiger partial charge in [-0.1, -0.05) is 34.6 Å². The van der Waals surface area contributed by atoms with Crippen LogP contribution in [0.25, 0.3) is 0 Å². The Morgan fingerprint density at radius 1 is 0.929 bits per heavy atom. The fourth-order valence-corrected chi connectivity index (χ4v) is 2.57. The van der Waals surface area contributed by atoms with Crippen molar-refractivity contribution in [2.24, 2.45) is 5.41 Å². The summed E-state index contributed by atoms with van der Waals surface area (Å²) in [6, 6.07) is 0. The average Bonchev–Trinajstić information content (AvgIpc) is 1.94. The number of hydrogen-bond donors (Lipinski definition) is 0. The predicted molar refractivity (Wildman–Crippen MR) is 65.7 cm³/mol. The number of nitrogens with zero attached hydrogens (tertiary/aromatic N) is 1. The van der Waals surface area contributed by atoms with Crippen LogP contribution in [-0.4, -0.2) is 23.5 Å². The number of hydrogen-bond acceptors (Lipinski definition) is 1. The Bertz CT molecular complexity index is 153. The van der Waals surface area contributed by atoms with Gasteiger partial charge >= 0.3 is 0 Å². The van der Waals surface area contributed by atoms with Crippen LogP contribution in [0.5, 0.6) is 0 Å². The van der Waals surface area contributed by atoms with Crippen LogP contribution in [0.2, 0.25) is 0 Å². The molecule has 0 saturated carbocycles. The third-order valence-electron chi connectivity index (χ3n) is 2.69. The van der Waals surface area contributed by atoms with Crippen LogP contribution in [0.1, 0.15) is 61.3 Å². The van der Waals surface area contributed by atoms with Gasteiger partial charge in [-0.2, -0.15) is 0 Å². The fraction of sp³-hybridized carbons (Fsp3) is 1.00. The highest BCUT2D eigenvalue weighted by Crippen LogP contribution is 2.31. The maximum absolute atomic E-state index is 2.60. The van der Waals surface area contributed by atoms with Gasteiger partial charge in [-0.15, -0.1) is 0 Å². The highest BCUT2D eigenvalue weighted by molar-refractivity contribution is 4.85. The SMILES string of the molecule is CCCN(CC)C(C)(C)CC(C)(C)C. The highest BCUT2D eigenvalue weighted by atomic mass is 15.2. The standard InChI is InChI=1S/C13H29N/c1-8-10-14(9-2)13(6,7)11-12(3,4)5/h8-11H2,1-7H3. The van der Waals surface area contributed by atoms with Crippen LogP contribution in [0.4, 0.5) is 0 Å². The van der Waals surface area contributed by atoms with Crippen molar-refractivity contribution in [2.75, 3.05) is 13.1 Å². The molecule has 0 aliphatic heterocycles. The second-order valence-electron chi connectivity index (χ2n) is 6.13. The molecule has 0 fully saturated rings. The zero-order valence-electron chi connectivity index (χ0n) is 11.3. The minimum atomic E-state index is 0.336. The monoisotopic (exact) mass is 199 g/mol. The summed E-state index contributed by atoms with van der Waals surface area (Å²) in [6.07, 6.45) is 2.51. The second kappa shape index (κ2) is 5.16. The Balaban J connectivity index is 4.40. The third kappa shape index (κ3) is 4.99. The van der Waals surface area contributed by atoms with Gasteiger partial charge in [0, 0.05) is 5.54 Å². The molecule has 0 unspecified atom stereocenters. The van der Waals surface area contributed by atoms with Crippen molar-refractivity contribution in [1.29, 1.82) is 0 Å². The zero-order valence-corrected chi connectivity index (χ0v) is 11.3. The van der Waals surface area contributed by atoms with Crippen LogP contribution < -0.4 is 0 Å². The highest BCUT2D eigenvalue weighted by Gasteiger charge is 2.29. The molecule has 0 N–H and O–H groups in total. The van der Waals surface area contributed by atoms with Gasteiger partial charge in [-0.25, -0.2) is 0 Å². The van der Waals surface area contributed by atoms with Crippen molar-refractivity contribution in [1.82, 2.24) is 4.90 Å². The van der Waals surface area contributed by atoms with E-state index in [0.717, 1.165) is 6.54 Å². The van der Waals surface area contributed by atoms with Gasteiger partial charge in [-0.3, -0.25) is 4.90 Å². The summed E-state index contributed by atoms with van der Waals surface area (Å²) in [5.74, 6) is 0. The molecule has 1 nitrogen and oxygen atoms in total. The molecule has 0 rings (SSSR count). The minimum absolute atomic E-state index is 0.336. The average molecular weight is 199 g/mol. The van der Waals surface area contributed by atoms with Crippen molar-refractivity contribution < 1.29 is 0 Å². The van der Waals surface area contributed by atoms with Crippen LogP contribution in [0.3, 0.4) is 0 Å². The molecule has 0 radical (unpaired) electrons. The van der Waals surface area contributed by atoms with E-state index < -0.39 is 0 Å². The van der Waals surface area contributed by atoms with Gasteiger partial charge in [0.25, 0.3) is 0 Å². The van der Waals surface area contributed by atoms with E-state index in [4.69, 9.17) is 0 Å². The third-order valence-corrected chi connectivity index (χ3v) is 2.69. The summed E-state index contributed by atoms with van der Waals surface area (Å²) in [7, 11) is 0. The molecule has 0 atom stereocenters. The van der Waals surface area contributed by atoms with Gasteiger partial charge in [0.05, 0.1) is 0 Å². The lowest BCUT2D eigenvalue weighted by atomic mass is 9.80. The van der Waals surface area contributed by atoms with Crippen molar-refractivity contribution in [2.45, 2.75) is 66.8 Å². The van der Waals surface area contributed by atoms with E-state index >= 15 is 0 Å². The zero-order chi connectivity index (χ0) is 11.4. The molecule has 0 heterocycles. The van der Waals surface area contributed by atoms with Crippen LogP contribution in [-0.2, 0) is 0 Å². The minimum Gasteiger partial charge on any atom is -0.298 e. The Hall–Kier alpha value is -0.0400. The largest absolute Gasteiger partial charge is 0.298 e. The first kappa shape index (κ1) is 14.0. The van der Waals surface area contributed by atoms with E-state index in [1.165, 1.54) is 19.4 Å². The molecule has 0 aromatic heterocycles. The molecule has 0 spiro atoms. The fourth-order valence-electron chi connectivity index (χ4n) is 2.57. The molecule has 14 heavy (non-hydrogen) atoms. The molecule has 0 aliphatic carbocycles. The summed E-state index contributed by atoms with van der Waals surface area (Å²) in [5, 5.41) is 0. The molecule has 0 bridgehead atoms. The smallest absolute Gasteiger partial charge is 0.0158 e. The van der Waals surface area contributed by atoms with Gasteiger partial charge < -0.3 is 0 Å². The van der Waals surface area contributed by atoms with Gasteiger partial charge in [0.2, 0.25) is 0 Å². The summed E-state index contributed by atoms with van der Waals surface area (Å²) >= 11 is 0. The van der Waals surface area contributed by atoms with E-state index in [1.54, 1.807) is 0 Å². The molecule has 0 aromatic rings. The molecule has 0 aliphatic rings. The van der Waals surface area contributed by atoms with E-state index in [1.807, 2.05) is 0 Å². The molecular weight excluding hydrogens is 170 g/mol. The van der Waals surface area contributed by atoms with E-state index in [-0.39, 0.29) is 0 Å². The van der Waals surface area contributed by atoms with Crippen molar-refractivity contribution >= 4 is 0 Å². The maximum atomic E-state index is 2.60. The molecule has 1 heteroatoms. The van der Waals surface area contributed by atoms with Crippen molar-refractivity contribution in [3.63, 3.8) is 0 Å². The Labute approximate surface area is 90.9 Å². The quantitative estimate of drug-likeness (QED) is 0.648. The Morgan fingerprint density at radius 3 is 1.71 bits per heavy atom. The lowest BCUT2D eigenvalue weighted by molar-refractivity contribution is 0.0823. The molecule has 0 amide bonds. The first-order valence-corrected chi connectivity index (χ1v) is 5.98. The van der Waals surface area contributed by atoms with Crippen LogP contribution in [0, 0.1) is 5.41 Å². The van der Waals surface area contributed by atoms with Crippen molar-refractivity contribution in [3.05, 3.63) is 0 Å². The Morgan fingerprint density at radius 2 is 1.43 bits per heavy atom. The van der Waals surface area contributed by atoms with Gasteiger partial charge in [-0.05, 0) is 45.2 Å². The molecular formula is C13H29N. The second-order valence-corrected chi connectivity index (χ2v) is 6.13. The first-order valence-electron chi connectivity index (χ1n) is 5.98. The molecule has 86 valence electrons. The van der Waals surface area contributed by atoms with Crippen LogP contribution in [0.15, 0.2) is 0 Å².